The SMILES string of the molecule is CCCNC(=O)[C@H](C)N(Cc1ccc(C)cc1)C(=O)CCc1cccc2ccccc12. The third-order valence-electron chi connectivity index (χ3n) is 5.68. The van der Waals surface area contributed by atoms with Gasteiger partial charge in [-0.2, -0.15) is 0 Å². The van der Waals surface area contributed by atoms with Crippen molar-refractivity contribution in [2.45, 2.75) is 52.6 Å². The molecule has 0 aromatic heterocycles. The normalized spacial score (nSPS) is 11.8. The minimum absolute atomic E-state index is 0.00680. The van der Waals surface area contributed by atoms with Crippen molar-refractivity contribution in [3.8, 4) is 0 Å². The highest BCUT2D eigenvalue weighted by Gasteiger charge is 2.25. The van der Waals surface area contributed by atoms with Gasteiger partial charge in [0, 0.05) is 19.5 Å². The molecule has 1 N–H and O–H groups in total. The van der Waals surface area contributed by atoms with Crippen molar-refractivity contribution < 1.29 is 9.59 Å². The molecule has 2 amide bonds. The standard InChI is InChI=1S/C27H32N2O2/c1-4-18-28-27(31)21(3)29(19-22-14-12-20(2)13-15-22)26(30)17-16-24-10-7-9-23-8-5-6-11-25(23)24/h5-15,21H,4,16-19H2,1-3H3,(H,28,31)/t21-/m0/s1. The fourth-order valence-corrected chi connectivity index (χ4v) is 3.76. The van der Waals surface area contributed by atoms with Gasteiger partial charge in [0.05, 0.1) is 0 Å². The summed E-state index contributed by atoms with van der Waals surface area (Å²) in [6, 6.07) is 22.0. The molecule has 0 unspecified atom stereocenters. The predicted octanol–water partition coefficient (Wildman–Crippen LogP) is 5.02. The molecule has 3 aromatic rings. The summed E-state index contributed by atoms with van der Waals surface area (Å²) in [5.74, 6) is -0.111. The van der Waals surface area contributed by atoms with Crippen LogP contribution in [0.15, 0.2) is 66.7 Å². The van der Waals surface area contributed by atoms with E-state index in [-0.39, 0.29) is 11.8 Å². The summed E-state index contributed by atoms with van der Waals surface area (Å²) < 4.78 is 0. The Morgan fingerprint density at radius 2 is 1.68 bits per heavy atom. The third kappa shape index (κ3) is 5.94. The fraction of sp³-hybridized carbons (Fsp3) is 0.333. The van der Waals surface area contributed by atoms with Gasteiger partial charge < -0.3 is 10.2 Å². The van der Waals surface area contributed by atoms with Crippen LogP contribution in [0.4, 0.5) is 0 Å². The Hall–Kier alpha value is -3.14. The largest absolute Gasteiger partial charge is 0.354 e. The van der Waals surface area contributed by atoms with E-state index in [1.54, 1.807) is 4.90 Å². The number of aryl methyl sites for hydroxylation is 2. The van der Waals surface area contributed by atoms with Crippen LogP contribution in [0.1, 0.15) is 43.4 Å². The summed E-state index contributed by atoms with van der Waals surface area (Å²) in [6.07, 6.45) is 1.88. The maximum Gasteiger partial charge on any atom is 0.242 e. The molecule has 3 rings (SSSR count). The highest BCUT2D eigenvalue weighted by atomic mass is 16.2. The average molecular weight is 417 g/mol. The van der Waals surface area contributed by atoms with Crippen LogP contribution in [0.5, 0.6) is 0 Å². The van der Waals surface area contributed by atoms with Crippen LogP contribution in [0.25, 0.3) is 10.8 Å². The van der Waals surface area contributed by atoms with Crippen LogP contribution >= 0.6 is 0 Å². The summed E-state index contributed by atoms with van der Waals surface area (Å²) in [4.78, 5) is 27.6. The maximum absolute atomic E-state index is 13.3. The first-order chi connectivity index (χ1) is 15.0. The van der Waals surface area contributed by atoms with Gasteiger partial charge in [0.1, 0.15) is 6.04 Å². The molecule has 3 aromatic carbocycles. The molecule has 4 nitrogen and oxygen atoms in total. The molecule has 162 valence electrons. The van der Waals surface area contributed by atoms with Crippen LogP contribution in [-0.2, 0) is 22.6 Å². The number of benzene rings is 3. The van der Waals surface area contributed by atoms with Gasteiger partial charge in [-0.1, -0.05) is 79.2 Å². The van der Waals surface area contributed by atoms with Gasteiger partial charge in [-0.05, 0) is 48.6 Å². The van der Waals surface area contributed by atoms with Crippen molar-refractivity contribution >= 4 is 22.6 Å². The van der Waals surface area contributed by atoms with Crippen LogP contribution < -0.4 is 5.32 Å². The molecule has 0 bridgehead atoms. The molecule has 0 heterocycles. The molecular weight excluding hydrogens is 384 g/mol. The Morgan fingerprint density at radius 3 is 2.42 bits per heavy atom. The highest BCUT2D eigenvalue weighted by molar-refractivity contribution is 5.88. The van der Waals surface area contributed by atoms with Crippen LogP contribution in [-0.4, -0.2) is 29.3 Å². The van der Waals surface area contributed by atoms with E-state index >= 15 is 0 Å². The zero-order chi connectivity index (χ0) is 22.2. The van der Waals surface area contributed by atoms with Crippen molar-refractivity contribution in [1.82, 2.24) is 10.2 Å². The Morgan fingerprint density at radius 1 is 0.968 bits per heavy atom. The fourth-order valence-electron chi connectivity index (χ4n) is 3.76. The number of nitrogens with zero attached hydrogens (tertiary/aromatic N) is 1. The number of hydrogen-bond acceptors (Lipinski definition) is 2. The molecular formula is C27H32N2O2. The van der Waals surface area contributed by atoms with E-state index in [0.29, 0.717) is 25.9 Å². The molecule has 1 atom stereocenters. The van der Waals surface area contributed by atoms with Gasteiger partial charge >= 0.3 is 0 Å². The maximum atomic E-state index is 13.3. The lowest BCUT2D eigenvalue weighted by molar-refractivity contribution is -0.140. The predicted molar refractivity (Wildman–Crippen MR) is 127 cm³/mol. The van der Waals surface area contributed by atoms with Crippen molar-refractivity contribution in [2.75, 3.05) is 6.54 Å². The van der Waals surface area contributed by atoms with E-state index in [1.165, 1.54) is 16.3 Å². The summed E-state index contributed by atoms with van der Waals surface area (Å²) in [7, 11) is 0. The molecule has 0 radical (unpaired) electrons. The lowest BCUT2D eigenvalue weighted by Gasteiger charge is -2.29. The number of amides is 2. The summed E-state index contributed by atoms with van der Waals surface area (Å²) >= 11 is 0. The smallest absolute Gasteiger partial charge is 0.242 e. The van der Waals surface area contributed by atoms with Gasteiger partial charge in [0.25, 0.3) is 0 Å². The molecule has 0 spiro atoms. The lowest BCUT2D eigenvalue weighted by Crippen LogP contribution is -2.47. The van der Waals surface area contributed by atoms with Gasteiger partial charge in [-0.15, -0.1) is 0 Å². The van der Waals surface area contributed by atoms with Crippen LogP contribution in [0, 0.1) is 6.92 Å². The number of rotatable bonds is 9. The second-order valence-corrected chi connectivity index (χ2v) is 8.11. The Kier molecular flexibility index (Phi) is 7.82. The van der Waals surface area contributed by atoms with Gasteiger partial charge in [0.15, 0.2) is 0 Å². The molecule has 0 aliphatic heterocycles. The van der Waals surface area contributed by atoms with Crippen molar-refractivity contribution in [3.05, 3.63) is 83.4 Å². The second kappa shape index (κ2) is 10.8. The topological polar surface area (TPSA) is 49.4 Å². The van der Waals surface area contributed by atoms with Crippen molar-refractivity contribution in [3.63, 3.8) is 0 Å². The lowest BCUT2D eigenvalue weighted by atomic mass is 10.0. The van der Waals surface area contributed by atoms with E-state index in [0.717, 1.165) is 17.5 Å². The first-order valence-electron chi connectivity index (χ1n) is 11.1. The van der Waals surface area contributed by atoms with E-state index in [2.05, 4.69) is 29.6 Å². The summed E-state index contributed by atoms with van der Waals surface area (Å²) in [6.45, 7) is 6.91. The number of fused-ring (bicyclic) bond motifs is 1. The summed E-state index contributed by atoms with van der Waals surface area (Å²) in [5.41, 5.74) is 3.36. The zero-order valence-corrected chi connectivity index (χ0v) is 18.7. The van der Waals surface area contributed by atoms with Gasteiger partial charge in [-0.25, -0.2) is 0 Å². The number of hydrogen-bond donors (Lipinski definition) is 1. The Balaban J connectivity index is 1.77. The van der Waals surface area contributed by atoms with E-state index in [9.17, 15) is 9.59 Å². The van der Waals surface area contributed by atoms with E-state index in [1.807, 2.05) is 63.2 Å². The van der Waals surface area contributed by atoms with Crippen molar-refractivity contribution in [1.29, 1.82) is 0 Å². The Bertz CT molecular complexity index is 1020. The monoisotopic (exact) mass is 416 g/mol. The van der Waals surface area contributed by atoms with Crippen molar-refractivity contribution in [2.24, 2.45) is 0 Å². The molecule has 4 heteroatoms. The third-order valence-corrected chi connectivity index (χ3v) is 5.68. The zero-order valence-electron chi connectivity index (χ0n) is 18.7. The number of carbonyl (C=O) groups excluding carboxylic acids is 2. The summed E-state index contributed by atoms with van der Waals surface area (Å²) in [5, 5.41) is 5.28. The number of nitrogens with one attached hydrogen (secondary N) is 1. The molecule has 31 heavy (non-hydrogen) atoms. The first-order valence-corrected chi connectivity index (χ1v) is 11.1. The highest BCUT2D eigenvalue weighted by Crippen LogP contribution is 2.21. The quantitative estimate of drug-likeness (QED) is 0.532. The molecule has 0 saturated carbocycles. The second-order valence-electron chi connectivity index (χ2n) is 8.11. The molecule has 0 fully saturated rings. The van der Waals surface area contributed by atoms with E-state index in [4.69, 9.17) is 0 Å². The Labute approximate surface area is 185 Å². The van der Waals surface area contributed by atoms with Crippen LogP contribution in [0.2, 0.25) is 0 Å². The molecule has 0 aliphatic carbocycles. The average Bonchev–Trinajstić information content (AvgIpc) is 2.80. The van der Waals surface area contributed by atoms with Gasteiger partial charge in [0.2, 0.25) is 11.8 Å². The number of carbonyl (C=O) groups is 2. The van der Waals surface area contributed by atoms with Crippen LogP contribution in [0.3, 0.4) is 0 Å². The van der Waals surface area contributed by atoms with Gasteiger partial charge in [-0.3, -0.25) is 9.59 Å². The molecule has 0 saturated heterocycles. The minimum Gasteiger partial charge on any atom is -0.354 e. The molecule has 0 aliphatic rings. The van der Waals surface area contributed by atoms with E-state index < -0.39 is 6.04 Å². The first kappa shape index (κ1) is 22.5. The minimum atomic E-state index is -0.520.